The minimum Gasteiger partial charge on any atom is -0.287 e. The van der Waals surface area contributed by atoms with Gasteiger partial charge >= 0.3 is 0 Å². The zero-order valence-corrected chi connectivity index (χ0v) is 10.5. The summed E-state index contributed by atoms with van der Waals surface area (Å²) < 4.78 is 0. The quantitative estimate of drug-likeness (QED) is 0.504. The molecule has 72 valence electrons. The molecule has 0 aliphatic heterocycles. The van der Waals surface area contributed by atoms with E-state index in [0.29, 0.717) is 11.5 Å². The SMILES string of the molecule is CCC(=O)SCCC[Si](C)(C)C. The Bertz CT molecular complexity index is 140. The Balaban J connectivity index is 3.28. The van der Waals surface area contributed by atoms with Gasteiger partial charge in [-0.25, -0.2) is 0 Å². The van der Waals surface area contributed by atoms with Crippen LogP contribution in [0.1, 0.15) is 19.8 Å². The van der Waals surface area contributed by atoms with Crippen molar-refractivity contribution in [1.29, 1.82) is 0 Å². The summed E-state index contributed by atoms with van der Waals surface area (Å²) in [6.45, 7) is 9.05. The molecule has 0 saturated carbocycles. The molecule has 0 aromatic carbocycles. The van der Waals surface area contributed by atoms with E-state index in [0.717, 1.165) is 5.75 Å². The Morgan fingerprint density at radius 2 is 1.92 bits per heavy atom. The normalized spacial score (nSPS) is 11.7. The van der Waals surface area contributed by atoms with E-state index in [2.05, 4.69) is 19.6 Å². The van der Waals surface area contributed by atoms with Crippen molar-refractivity contribution >= 4 is 25.0 Å². The lowest BCUT2D eigenvalue weighted by Gasteiger charge is -2.14. The van der Waals surface area contributed by atoms with Crippen LogP contribution in [0.4, 0.5) is 0 Å². The first-order valence-electron chi connectivity index (χ1n) is 4.61. The lowest BCUT2D eigenvalue weighted by atomic mass is 10.6. The van der Waals surface area contributed by atoms with Crippen molar-refractivity contribution in [1.82, 2.24) is 0 Å². The first-order valence-corrected chi connectivity index (χ1v) is 9.30. The fraction of sp³-hybridized carbons (Fsp3) is 0.889. The van der Waals surface area contributed by atoms with Crippen LogP contribution in [-0.2, 0) is 4.79 Å². The Labute approximate surface area is 81.3 Å². The first kappa shape index (κ1) is 12.2. The molecular weight excluding hydrogens is 184 g/mol. The second-order valence-electron chi connectivity index (χ2n) is 4.24. The van der Waals surface area contributed by atoms with Crippen molar-refractivity contribution in [3.05, 3.63) is 0 Å². The summed E-state index contributed by atoms with van der Waals surface area (Å²) in [6.07, 6.45) is 1.89. The van der Waals surface area contributed by atoms with Gasteiger partial charge in [-0.3, -0.25) is 4.79 Å². The molecule has 0 bridgehead atoms. The molecule has 1 nitrogen and oxygen atoms in total. The molecule has 0 atom stereocenters. The zero-order chi connectivity index (χ0) is 9.61. The standard InChI is InChI=1S/C9H20OSSi/c1-5-9(10)11-7-6-8-12(2,3)4/h5-8H2,1-4H3. The maximum absolute atomic E-state index is 10.9. The number of carbonyl (C=O) groups is 1. The van der Waals surface area contributed by atoms with E-state index in [1.54, 1.807) is 0 Å². The van der Waals surface area contributed by atoms with Crippen molar-refractivity contribution < 1.29 is 4.79 Å². The minimum absolute atomic E-state index is 0.338. The van der Waals surface area contributed by atoms with Crippen LogP contribution in [0.25, 0.3) is 0 Å². The zero-order valence-electron chi connectivity index (χ0n) is 8.64. The average Bonchev–Trinajstić information content (AvgIpc) is 1.96. The highest BCUT2D eigenvalue weighted by Crippen LogP contribution is 2.15. The molecule has 0 spiro atoms. The number of rotatable bonds is 5. The maximum Gasteiger partial charge on any atom is 0.188 e. The number of hydrogen-bond acceptors (Lipinski definition) is 2. The van der Waals surface area contributed by atoms with Crippen LogP contribution in [0.5, 0.6) is 0 Å². The van der Waals surface area contributed by atoms with Crippen LogP contribution >= 0.6 is 11.8 Å². The van der Waals surface area contributed by atoms with Crippen LogP contribution in [0.2, 0.25) is 25.7 Å². The third-order valence-corrected chi connectivity index (χ3v) is 4.58. The topological polar surface area (TPSA) is 17.1 Å². The van der Waals surface area contributed by atoms with Gasteiger partial charge in [0.25, 0.3) is 0 Å². The van der Waals surface area contributed by atoms with E-state index in [1.807, 2.05) is 6.92 Å². The molecule has 12 heavy (non-hydrogen) atoms. The fourth-order valence-electron chi connectivity index (χ4n) is 0.891. The minimum atomic E-state index is -0.864. The van der Waals surface area contributed by atoms with Gasteiger partial charge in [0.2, 0.25) is 0 Å². The summed E-state index contributed by atoms with van der Waals surface area (Å²) in [5, 5.41) is 0.338. The van der Waals surface area contributed by atoms with E-state index in [1.165, 1.54) is 24.2 Å². The number of hydrogen-bond donors (Lipinski definition) is 0. The van der Waals surface area contributed by atoms with Gasteiger partial charge in [0, 0.05) is 20.2 Å². The molecule has 3 heteroatoms. The number of thioether (sulfide) groups is 1. The molecule has 0 aliphatic carbocycles. The molecule has 0 aliphatic rings. The third-order valence-electron chi connectivity index (χ3n) is 1.62. The molecule has 0 aromatic heterocycles. The predicted molar refractivity (Wildman–Crippen MR) is 60.5 cm³/mol. The van der Waals surface area contributed by atoms with Gasteiger partial charge in [-0.2, -0.15) is 0 Å². The monoisotopic (exact) mass is 204 g/mol. The molecule has 0 aromatic rings. The van der Waals surface area contributed by atoms with Crippen molar-refractivity contribution in [2.45, 2.75) is 45.5 Å². The van der Waals surface area contributed by atoms with Crippen LogP contribution in [-0.4, -0.2) is 18.9 Å². The van der Waals surface area contributed by atoms with Gasteiger partial charge in [-0.1, -0.05) is 44.4 Å². The van der Waals surface area contributed by atoms with Crippen LogP contribution in [0.15, 0.2) is 0 Å². The third kappa shape index (κ3) is 8.33. The number of carbonyl (C=O) groups excluding carboxylic acids is 1. The average molecular weight is 204 g/mol. The van der Waals surface area contributed by atoms with Gasteiger partial charge in [-0.15, -0.1) is 0 Å². The van der Waals surface area contributed by atoms with Gasteiger partial charge < -0.3 is 0 Å². The fourth-order valence-corrected chi connectivity index (χ4v) is 3.10. The smallest absolute Gasteiger partial charge is 0.188 e. The van der Waals surface area contributed by atoms with E-state index in [4.69, 9.17) is 0 Å². The largest absolute Gasteiger partial charge is 0.287 e. The molecule has 0 unspecified atom stereocenters. The van der Waals surface area contributed by atoms with Crippen molar-refractivity contribution in [3.63, 3.8) is 0 Å². The summed E-state index contributed by atoms with van der Waals surface area (Å²) in [5.41, 5.74) is 0. The molecule has 0 saturated heterocycles. The Morgan fingerprint density at radius 3 is 2.33 bits per heavy atom. The lowest BCUT2D eigenvalue weighted by molar-refractivity contribution is -0.110. The molecule has 0 amide bonds. The van der Waals surface area contributed by atoms with E-state index in [9.17, 15) is 4.79 Å². The first-order chi connectivity index (χ1) is 5.45. The van der Waals surface area contributed by atoms with Crippen molar-refractivity contribution in [3.8, 4) is 0 Å². The highest BCUT2D eigenvalue weighted by atomic mass is 32.2. The van der Waals surface area contributed by atoms with Gasteiger partial charge in [0.15, 0.2) is 5.12 Å². The summed E-state index contributed by atoms with van der Waals surface area (Å²) in [6, 6.07) is 1.34. The second-order valence-corrected chi connectivity index (χ2v) is 11.0. The van der Waals surface area contributed by atoms with Gasteiger partial charge in [-0.05, 0) is 6.42 Å². The highest BCUT2D eigenvalue weighted by Gasteiger charge is 2.11. The summed E-state index contributed by atoms with van der Waals surface area (Å²) in [5.74, 6) is 1.02. The van der Waals surface area contributed by atoms with Crippen molar-refractivity contribution in [2.24, 2.45) is 0 Å². The summed E-state index contributed by atoms with van der Waals surface area (Å²) in [7, 11) is -0.864. The summed E-state index contributed by atoms with van der Waals surface area (Å²) in [4.78, 5) is 10.9. The molecule has 0 N–H and O–H groups in total. The van der Waals surface area contributed by atoms with E-state index < -0.39 is 8.07 Å². The van der Waals surface area contributed by atoms with Crippen molar-refractivity contribution in [2.75, 3.05) is 5.75 Å². The van der Waals surface area contributed by atoms with Crippen LogP contribution in [0, 0.1) is 0 Å². The maximum atomic E-state index is 10.9. The van der Waals surface area contributed by atoms with Crippen LogP contribution in [0.3, 0.4) is 0 Å². The molecular formula is C9H20OSSi. The van der Waals surface area contributed by atoms with E-state index >= 15 is 0 Å². The Hall–Kier alpha value is 0.237. The van der Waals surface area contributed by atoms with Gasteiger partial charge in [0.05, 0.1) is 0 Å². The van der Waals surface area contributed by atoms with E-state index in [-0.39, 0.29) is 0 Å². The second kappa shape index (κ2) is 5.81. The molecule has 0 fully saturated rings. The predicted octanol–water partition coefficient (Wildman–Crippen LogP) is 3.38. The van der Waals surface area contributed by atoms with Crippen LogP contribution < -0.4 is 0 Å². The Morgan fingerprint density at radius 1 is 1.33 bits per heavy atom. The highest BCUT2D eigenvalue weighted by molar-refractivity contribution is 8.13. The molecule has 0 rings (SSSR count). The van der Waals surface area contributed by atoms with Gasteiger partial charge in [0.1, 0.15) is 0 Å². The summed E-state index contributed by atoms with van der Waals surface area (Å²) >= 11 is 1.50. The molecule has 0 radical (unpaired) electrons. The lowest BCUT2D eigenvalue weighted by Crippen LogP contribution is -2.19. The Kier molecular flexibility index (Phi) is 5.92. The molecule has 0 heterocycles.